The van der Waals surface area contributed by atoms with Crippen LogP contribution in [-0.2, 0) is 12.8 Å². The number of aryl methyl sites for hydroxylation is 1. The van der Waals surface area contributed by atoms with Gasteiger partial charge in [-0.05, 0) is 87.7 Å². The molecule has 3 aromatic rings. The van der Waals surface area contributed by atoms with E-state index in [0.717, 1.165) is 60.9 Å². The standard InChI is InChI=1S/C28H33NO4/c1-31-26-19-25-24(22-10-7-11-23(22)28(30)33-25)18-27(26)32-17-6-5-14-29-15-12-21(13-16-29)20-8-3-2-4-9-20/h2-4,8-9,18-19,21H,5-7,10-17H2,1H3. The van der Waals surface area contributed by atoms with Gasteiger partial charge in [-0.1, -0.05) is 30.3 Å². The number of methoxy groups -OCH3 is 1. The van der Waals surface area contributed by atoms with Crippen LogP contribution in [0, 0.1) is 0 Å². The van der Waals surface area contributed by atoms with Crippen LogP contribution in [0.3, 0.4) is 0 Å². The highest BCUT2D eigenvalue weighted by Gasteiger charge is 2.22. The lowest BCUT2D eigenvalue weighted by atomic mass is 9.89. The summed E-state index contributed by atoms with van der Waals surface area (Å²) in [6, 6.07) is 14.7. The zero-order valence-corrected chi connectivity index (χ0v) is 19.5. The van der Waals surface area contributed by atoms with Crippen LogP contribution in [-0.4, -0.2) is 38.3 Å². The van der Waals surface area contributed by atoms with Crippen molar-refractivity contribution < 1.29 is 13.9 Å². The van der Waals surface area contributed by atoms with Crippen LogP contribution in [0.1, 0.15) is 54.7 Å². The largest absolute Gasteiger partial charge is 0.493 e. The summed E-state index contributed by atoms with van der Waals surface area (Å²) < 4.78 is 17.2. The number of likely N-dealkylation sites (tertiary alicyclic amines) is 1. The van der Waals surface area contributed by atoms with E-state index in [9.17, 15) is 4.79 Å². The van der Waals surface area contributed by atoms with Crippen LogP contribution in [0.4, 0.5) is 0 Å². The third-order valence-electron chi connectivity index (χ3n) is 7.24. The molecule has 2 aliphatic rings. The van der Waals surface area contributed by atoms with Gasteiger partial charge in [-0.15, -0.1) is 0 Å². The molecule has 1 aromatic heterocycles. The predicted octanol–water partition coefficient (Wildman–Crippen LogP) is 5.33. The van der Waals surface area contributed by atoms with Gasteiger partial charge >= 0.3 is 5.63 Å². The van der Waals surface area contributed by atoms with E-state index in [-0.39, 0.29) is 5.63 Å². The molecular formula is C28H33NO4. The van der Waals surface area contributed by atoms with E-state index in [0.29, 0.717) is 23.9 Å². The molecule has 1 saturated heterocycles. The molecule has 0 bridgehead atoms. The molecule has 2 aromatic carbocycles. The lowest BCUT2D eigenvalue weighted by molar-refractivity contribution is 0.201. The Morgan fingerprint density at radius 2 is 1.79 bits per heavy atom. The molecule has 1 aliphatic heterocycles. The number of hydrogen-bond acceptors (Lipinski definition) is 5. The molecule has 5 rings (SSSR count). The maximum absolute atomic E-state index is 12.2. The first-order chi connectivity index (χ1) is 16.2. The first kappa shape index (κ1) is 22.0. The van der Waals surface area contributed by atoms with E-state index >= 15 is 0 Å². The number of ether oxygens (including phenoxy) is 2. The van der Waals surface area contributed by atoms with E-state index in [4.69, 9.17) is 13.9 Å². The summed E-state index contributed by atoms with van der Waals surface area (Å²) in [7, 11) is 1.62. The van der Waals surface area contributed by atoms with E-state index in [2.05, 4.69) is 35.2 Å². The first-order valence-corrected chi connectivity index (χ1v) is 12.3. The third-order valence-corrected chi connectivity index (χ3v) is 7.24. The van der Waals surface area contributed by atoms with Gasteiger partial charge in [0.15, 0.2) is 11.5 Å². The Morgan fingerprint density at radius 3 is 2.58 bits per heavy atom. The monoisotopic (exact) mass is 447 g/mol. The highest BCUT2D eigenvalue weighted by Crippen LogP contribution is 2.36. The fraction of sp³-hybridized carbons (Fsp3) is 0.464. The quantitative estimate of drug-likeness (QED) is 0.345. The van der Waals surface area contributed by atoms with Crippen LogP contribution in [0.2, 0.25) is 0 Å². The zero-order valence-electron chi connectivity index (χ0n) is 19.5. The molecule has 0 radical (unpaired) electrons. The lowest BCUT2D eigenvalue weighted by Gasteiger charge is -2.32. The van der Waals surface area contributed by atoms with E-state index < -0.39 is 0 Å². The number of rotatable bonds is 8. The molecule has 0 N–H and O–H groups in total. The van der Waals surface area contributed by atoms with Crippen molar-refractivity contribution in [2.45, 2.75) is 50.9 Å². The Balaban J connectivity index is 1.13. The fourth-order valence-electron chi connectivity index (χ4n) is 5.40. The second kappa shape index (κ2) is 10.0. The smallest absolute Gasteiger partial charge is 0.339 e. The number of nitrogens with zero attached hydrogens (tertiary/aromatic N) is 1. The van der Waals surface area contributed by atoms with Gasteiger partial charge in [-0.2, -0.15) is 0 Å². The third kappa shape index (κ3) is 4.79. The van der Waals surface area contributed by atoms with Crippen LogP contribution >= 0.6 is 0 Å². The van der Waals surface area contributed by atoms with Gasteiger partial charge in [0.25, 0.3) is 0 Å². The number of unbranched alkanes of at least 4 members (excludes halogenated alkanes) is 1. The second-order valence-corrected chi connectivity index (χ2v) is 9.28. The SMILES string of the molecule is COc1cc2oc(=O)c3c(c2cc1OCCCCN1CCC(c2ccccc2)CC1)CCC3. The van der Waals surface area contributed by atoms with Gasteiger partial charge < -0.3 is 18.8 Å². The van der Waals surface area contributed by atoms with Gasteiger partial charge in [0, 0.05) is 17.0 Å². The maximum Gasteiger partial charge on any atom is 0.339 e. The average molecular weight is 448 g/mol. The molecule has 33 heavy (non-hydrogen) atoms. The Bertz CT molecular complexity index is 1150. The summed E-state index contributed by atoms with van der Waals surface area (Å²) in [5.74, 6) is 2.06. The molecule has 1 fully saturated rings. The molecule has 0 spiro atoms. The normalized spacial score (nSPS) is 16.8. The molecule has 5 nitrogen and oxygen atoms in total. The van der Waals surface area contributed by atoms with Crippen molar-refractivity contribution >= 4 is 11.0 Å². The topological polar surface area (TPSA) is 51.9 Å². The first-order valence-electron chi connectivity index (χ1n) is 12.3. The van der Waals surface area contributed by atoms with Crippen LogP contribution in [0.5, 0.6) is 11.5 Å². The van der Waals surface area contributed by atoms with Gasteiger partial charge in [0.05, 0.1) is 13.7 Å². The van der Waals surface area contributed by atoms with E-state index in [1.807, 2.05) is 6.07 Å². The lowest BCUT2D eigenvalue weighted by Crippen LogP contribution is -2.33. The van der Waals surface area contributed by atoms with E-state index in [1.165, 1.54) is 31.5 Å². The van der Waals surface area contributed by atoms with Gasteiger partial charge in [0.1, 0.15) is 5.58 Å². The predicted molar refractivity (Wildman–Crippen MR) is 131 cm³/mol. The van der Waals surface area contributed by atoms with Crippen molar-refractivity contribution in [3.05, 3.63) is 69.6 Å². The summed E-state index contributed by atoms with van der Waals surface area (Å²) in [4.78, 5) is 14.8. The zero-order chi connectivity index (χ0) is 22.6. The van der Waals surface area contributed by atoms with Crippen molar-refractivity contribution in [2.75, 3.05) is 33.4 Å². The summed E-state index contributed by atoms with van der Waals surface area (Å²) in [6.07, 6.45) is 7.34. The minimum absolute atomic E-state index is 0.210. The van der Waals surface area contributed by atoms with Crippen LogP contribution < -0.4 is 15.1 Å². The summed E-state index contributed by atoms with van der Waals surface area (Å²) in [6.45, 7) is 4.13. The fourth-order valence-corrected chi connectivity index (χ4v) is 5.40. The van der Waals surface area contributed by atoms with Gasteiger partial charge in [-0.25, -0.2) is 4.79 Å². The van der Waals surface area contributed by atoms with Crippen molar-refractivity contribution in [1.29, 1.82) is 0 Å². The Morgan fingerprint density at radius 1 is 1.00 bits per heavy atom. The summed E-state index contributed by atoms with van der Waals surface area (Å²) in [5.41, 5.74) is 3.81. The Kier molecular flexibility index (Phi) is 6.68. The number of hydrogen-bond donors (Lipinski definition) is 0. The molecule has 1 aliphatic carbocycles. The van der Waals surface area contributed by atoms with Gasteiger partial charge in [0.2, 0.25) is 0 Å². The van der Waals surface area contributed by atoms with Crippen molar-refractivity contribution in [2.24, 2.45) is 0 Å². The van der Waals surface area contributed by atoms with Crippen LogP contribution in [0.25, 0.3) is 11.0 Å². The molecule has 2 heterocycles. The summed E-state index contributed by atoms with van der Waals surface area (Å²) >= 11 is 0. The van der Waals surface area contributed by atoms with Crippen LogP contribution in [0.15, 0.2) is 51.7 Å². The molecule has 0 amide bonds. The number of fused-ring (bicyclic) bond motifs is 3. The Labute approximate surface area is 195 Å². The molecule has 5 heteroatoms. The average Bonchev–Trinajstić information content (AvgIpc) is 3.36. The highest BCUT2D eigenvalue weighted by atomic mass is 16.5. The molecule has 174 valence electrons. The molecule has 0 atom stereocenters. The molecule has 0 unspecified atom stereocenters. The van der Waals surface area contributed by atoms with Gasteiger partial charge in [-0.3, -0.25) is 0 Å². The summed E-state index contributed by atoms with van der Waals surface area (Å²) in [5, 5.41) is 0.985. The molecule has 0 saturated carbocycles. The van der Waals surface area contributed by atoms with Crippen molar-refractivity contribution in [3.8, 4) is 11.5 Å². The van der Waals surface area contributed by atoms with Crippen molar-refractivity contribution in [3.63, 3.8) is 0 Å². The van der Waals surface area contributed by atoms with Crippen molar-refractivity contribution in [1.82, 2.24) is 4.90 Å². The second-order valence-electron chi connectivity index (χ2n) is 9.28. The minimum Gasteiger partial charge on any atom is -0.493 e. The minimum atomic E-state index is -0.210. The highest BCUT2D eigenvalue weighted by molar-refractivity contribution is 5.85. The Hall–Kier alpha value is -2.79. The number of benzene rings is 2. The van der Waals surface area contributed by atoms with E-state index in [1.54, 1.807) is 13.2 Å². The number of piperidine rings is 1. The maximum atomic E-state index is 12.2. The molecular weight excluding hydrogens is 414 g/mol.